The molecule has 0 radical (unpaired) electrons. The Kier molecular flexibility index (Phi) is 6.73. The summed E-state index contributed by atoms with van der Waals surface area (Å²) in [7, 11) is 2.25. The van der Waals surface area contributed by atoms with Crippen LogP contribution in [0.5, 0.6) is 0 Å². The summed E-state index contributed by atoms with van der Waals surface area (Å²) in [6.45, 7) is 2.87. The molecule has 5 nitrogen and oxygen atoms in total. The van der Waals surface area contributed by atoms with Crippen LogP contribution in [0.15, 0.2) is 54.9 Å². The zero-order chi connectivity index (χ0) is 21.7. The molecule has 2 aliphatic rings. The maximum atomic E-state index is 13.4. The predicted molar refractivity (Wildman–Crippen MR) is 120 cm³/mol. The number of carbonyl (C=O) groups is 1. The standard InChI is InChI=1S/C26H35N2O3/c1-28(18-15-21-9-7-16-27-19-21)17-8-14-24(20-28)31-25(29)26(30,23-12-5-6-13-23)22-10-3-2-4-11-22/h2-4,7,9-11,16,19,23-24,30H,5-6,8,12-15,17-18,20H2,1H3/q+1. The van der Waals surface area contributed by atoms with Crippen LogP contribution in [0.1, 0.15) is 49.7 Å². The lowest BCUT2D eigenvalue weighted by Gasteiger charge is -2.42. The first kappa shape index (κ1) is 22.0. The molecular formula is C26H35N2O3+. The average molecular weight is 424 g/mol. The summed E-state index contributed by atoms with van der Waals surface area (Å²) in [5.74, 6) is -0.534. The van der Waals surface area contributed by atoms with Crippen molar-refractivity contribution in [1.29, 1.82) is 0 Å². The number of hydrogen-bond donors (Lipinski definition) is 1. The fraction of sp³-hybridized carbons (Fsp3) is 0.538. The van der Waals surface area contributed by atoms with Gasteiger partial charge in [0.1, 0.15) is 6.54 Å². The molecule has 1 saturated heterocycles. The molecule has 1 aromatic carbocycles. The van der Waals surface area contributed by atoms with Crippen molar-refractivity contribution >= 4 is 5.97 Å². The number of piperidine rings is 1. The summed E-state index contributed by atoms with van der Waals surface area (Å²) in [6.07, 6.45) is 10.3. The van der Waals surface area contributed by atoms with Crippen LogP contribution < -0.4 is 0 Å². The highest BCUT2D eigenvalue weighted by atomic mass is 16.6. The molecule has 1 aliphatic carbocycles. The zero-order valence-electron chi connectivity index (χ0n) is 18.6. The number of aliphatic hydroxyl groups is 1. The molecule has 0 bridgehead atoms. The van der Waals surface area contributed by atoms with E-state index in [4.69, 9.17) is 4.74 Å². The van der Waals surface area contributed by atoms with Gasteiger partial charge in [-0.3, -0.25) is 4.98 Å². The molecule has 1 N–H and O–H groups in total. The molecular weight excluding hydrogens is 388 g/mol. The van der Waals surface area contributed by atoms with Gasteiger partial charge < -0.3 is 14.3 Å². The Balaban J connectivity index is 1.44. The molecule has 2 heterocycles. The van der Waals surface area contributed by atoms with E-state index in [9.17, 15) is 9.90 Å². The molecule has 2 aromatic rings. The van der Waals surface area contributed by atoms with E-state index in [-0.39, 0.29) is 12.0 Å². The summed E-state index contributed by atoms with van der Waals surface area (Å²) in [5, 5.41) is 11.7. The lowest BCUT2D eigenvalue weighted by molar-refractivity contribution is -0.916. The molecule has 1 aromatic heterocycles. The smallest absolute Gasteiger partial charge is 0.343 e. The first-order valence-electron chi connectivity index (χ1n) is 11.7. The van der Waals surface area contributed by atoms with Crippen LogP contribution >= 0.6 is 0 Å². The Morgan fingerprint density at radius 3 is 2.61 bits per heavy atom. The summed E-state index contributed by atoms with van der Waals surface area (Å²) in [6, 6.07) is 13.5. The van der Waals surface area contributed by atoms with Crippen LogP contribution in [-0.4, -0.2) is 53.3 Å². The number of carbonyl (C=O) groups excluding carboxylic acids is 1. The molecule has 2 fully saturated rings. The highest BCUT2D eigenvalue weighted by molar-refractivity contribution is 5.81. The number of benzene rings is 1. The highest BCUT2D eigenvalue weighted by Crippen LogP contribution is 2.42. The van der Waals surface area contributed by atoms with Gasteiger partial charge in [0, 0.05) is 31.2 Å². The molecule has 0 spiro atoms. The monoisotopic (exact) mass is 423 g/mol. The molecule has 1 aliphatic heterocycles. The predicted octanol–water partition coefficient (Wildman–Crippen LogP) is 3.85. The minimum absolute atomic E-state index is 0.0718. The lowest BCUT2D eigenvalue weighted by atomic mass is 9.80. The molecule has 5 heteroatoms. The van der Waals surface area contributed by atoms with Crippen molar-refractivity contribution in [3.63, 3.8) is 0 Å². The topological polar surface area (TPSA) is 59.4 Å². The Morgan fingerprint density at radius 2 is 1.90 bits per heavy atom. The number of ether oxygens (including phenoxy) is 1. The second-order valence-electron chi connectivity index (χ2n) is 9.64. The van der Waals surface area contributed by atoms with Gasteiger partial charge in [-0.15, -0.1) is 0 Å². The van der Waals surface area contributed by atoms with E-state index in [2.05, 4.69) is 18.1 Å². The van der Waals surface area contributed by atoms with Gasteiger partial charge in [-0.05, 0) is 36.5 Å². The van der Waals surface area contributed by atoms with Gasteiger partial charge in [-0.2, -0.15) is 0 Å². The van der Waals surface area contributed by atoms with Crippen molar-refractivity contribution in [3.8, 4) is 0 Å². The fourth-order valence-corrected chi connectivity index (χ4v) is 5.42. The Bertz CT molecular complexity index is 853. The molecule has 31 heavy (non-hydrogen) atoms. The summed E-state index contributed by atoms with van der Waals surface area (Å²) < 4.78 is 6.93. The largest absolute Gasteiger partial charge is 0.454 e. The number of quaternary nitrogens is 1. The van der Waals surface area contributed by atoms with Crippen molar-refractivity contribution in [2.24, 2.45) is 5.92 Å². The molecule has 1 saturated carbocycles. The van der Waals surface area contributed by atoms with Crippen molar-refractivity contribution in [2.45, 2.75) is 56.7 Å². The van der Waals surface area contributed by atoms with Crippen LogP contribution in [-0.2, 0) is 21.6 Å². The van der Waals surface area contributed by atoms with Gasteiger partial charge in [0.15, 0.2) is 11.7 Å². The Labute approximate surface area is 185 Å². The number of hydrogen-bond acceptors (Lipinski definition) is 4. The summed E-state index contributed by atoms with van der Waals surface area (Å²) in [5.41, 5.74) is 0.353. The summed E-state index contributed by atoms with van der Waals surface area (Å²) in [4.78, 5) is 17.6. The molecule has 4 rings (SSSR count). The number of rotatable bonds is 7. The first-order valence-corrected chi connectivity index (χ1v) is 11.7. The quantitative estimate of drug-likeness (QED) is 0.543. The SMILES string of the molecule is C[N+]1(CCc2cccnc2)CCCC(OC(=O)C(O)(c2ccccc2)C2CCCC2)C1. The van der Waals surface area contributed by atoms with E-state index in [1.807, 2.05) is 42.6 Å². The van der Waals surface area contributed by atoms with E-state index in [0.29, 0.717) is 5.56 Å². The third-order valence-electron chi connectivity index (χ3n) is 7.28. The number of aromatic nitrogens is 1. The molecule has 0 amide bonds. The second-order valence-corrected chi connectivity index (χ2v) is 9.64. The zero-order valence-corrected chi connectivity index (χ0v) is 18.6. The number of pyridine rings is 1. The van der Waals surface area contributed by atoms with Crippen LogP contribution in [0, 0.1) is 5.92 Å². The first-order chi connectivity index (χ1) is 15.0. The van der Waals surface area contributed by atoms with Crippen molar-refractivity contribution in [2.75, 3.05) is 26.7 Å². The maximum Gasteiger partial charge on any atom is 0.343 e. The van der Waals surface area contributed by atoms with Crippen molar-refractivity contribution < 1.29 is 19.1 Å². The van der Waals surface area contributed by atoms with Crippen LogP contribution in [0.4, 0.5) is 0 Å². The minimum atomic E-state index is -1.55. The van der Waals surface area contributed by atoms with E-state index >= 15 is 0 Å². The lowest BCUT2D eigenvalue weighted by Crippen LogP contribution is -2.56. The highest BCUT2D eigenvalue weighted by Gasteiger charge is 2.49. The van der Waals surface area contributed by atoms with Gasteiger partial charge in [0.25, 0.3) is 0 Å². The number of likely N-dealkylation sites (tertiary alicyclic amines) is 1. The van der Waals surface area contributed by atoms with Crippen molar-refractivity contribution in [1.82, 2.24) is 4.98 Å². The molecule has 3 unspecified atom stereocenters. The van der Waals surface area contributed by atoms with Gasteiger partial charge in [-0.1, -0.05) is 49.2 Å². The minimum Gasteiger partial charge on any atom is -0.454 e. The van der Waals surface area contributed by atoms with E-state index in [0.717, 1.165) is 69.1 Å². The fourth-order valence-electron chi connectivity index (χ4n) is 5.42. The van der Waals surface area contributed by atoms with Crippen LogP contribution in [0.3, 0.4) is 0 Å². The second kappa shape index (κ2) is 9.49. The van der Waals surface area contributed by atoms with E-state index in [1.165, 1.54) is 5.56 Å². The summed E-state index contributed by atoms with van der Waals surface area (Å²) >= 11 is 0. The number of esters is 1. The Hall–Kier alpha value is -2.24. The molecule has 166 valence electrons. The van der Waals surface area contributed by atoms with Gasteiger partial charge in [0.2, 0.25) is 0 Å². The van der Waals surface area contributed by atoms with Crippen LogP contribution in [0.25, 0.3) is 0 Å². The third kappa shape index (κ3) is 4.99. The maximum absolute atomic E-state index is 13.4. The number of nitrogens with zero attached hydrogens (tertiary/aromatic N) is 2. The van der Waals surface area contributed by atoms with Gasteiger partial charge >= 0.3 is 5.97 Å². The van der Waals surface area contributed by atoms with Crippen molar-refractivity contribution in [3.05, 3.63) is 66.0 Å². The third-order valence-corrected chi connectivity index (χ3v) is 7.28. The van der Waals surface area contributed by atoms with E-state index in [1.54, 1.807) is 6.20 Å². The van der Waals surface area contributed by atoms with E-state index < -0.39 is 11.6 Å². The number of likely N-dealkylation sites (N-methyl/N-ethyl adjacent to an activating group) is 1. The van der Waals surface area contributed by atoms with Crippen LogP contribution in [0.2, 0.25) is 0 Å². The average Bonchev–Trinajstić information content (AvgIpc) is 3.34. The van der Waals surface area contributed by atoms with Gasteiger partial charge in [0.05, 0.1) is 20.1 Å². The molecule has 3 atom stereocenters. The Morgan fingerprint density at radius 1 is 1.13 bits per heavy atom. The van der Waals surface area contributed by atoms with Gasteiger partial charge in [-0.25, -0.2) is 4.79 Å². The normalized spacial score (nSPS) is 26.3.